The van der Waals surface area contributed by atoms with Gasteiger partial charge in [0.25, 0.3) is 5.91 Å². The number of rotatable bonds is 9. The molecule has 0 fully saturated rings. The molecule has 0 aliphatic rings. The molecule has 0 saturated heterocycles. The zero-order chi connectivity index (χ0) is 18.1. The van der Waals surface area contributed by atoms with Crippen LogP contribution in [0.2, 0.25) is 0 Å². The molecule has 1 N–H and O–H groups in total. The molecule has 0 unspecified atom stereocenters. The van der Waals surface area contributed by atoms with Crippen LogP contribution in [0.5, 0.6) is 17.2 Å². The summed E-state index contributed by atoms with van der Waals surface area (Å²) in [4.78, 5) is 12.0. The van der Waals surface area contributed by atoms with Crippen molar-refractivity contribution in [1.82, 2.24) is 5.32 Å². The summed E-state index contributed by atoms with van der Waals surface area (Å²) in [6, 6.07) is 13.3. The molecular formula is C20H25NO4. The van der Waals surface area contributed by atoms with Crippen molar-refractivity contribution in [3.63, 3.8) is 0 Å². The van der Waals surface area contributed by atoms with Crippen LogP contribution in [0.25, 0.3) is 0 Å². The van der Waals surface area contributed by atoms with Crippen molar-refractivity contribution in [2.75, 3.05) is 20.3 Å². The number of nitrogens with one attached hydrogen (secondary N) is 1. The Kier molecular flexibility index (Phi) is 7.14. The van der Waals surface area contributed by atoms with Crippen LogP contribution >= 0.6 is 0 Å². The summed E-state index contributed by atoms with van der Waals surface area (Å²) >= 11 is 0. The predicted molar refractivity (Wildman–Crippen MR) is 97.3 cm³/mol. The number of carbonyl (C=O) groups excluding carboxylic acids is 1. The summed E-state index contributed by atoms with van der Waals surface area (Å²) in [6.45, 7) is 5.03. The summed E-state index contributed by atoms with van der Waals surface area (Å²) < 4.78 is 16.5. The van der Waals surface area contributed by atoms with E-state index in [1.54, 1.807) is 7.11 Å². The summed E-state index contributed by atoms with van der Waals surface area (Å²) in [5.41, 5.74) is 1.94. The smallest absolute Gasteiger partial charge is 0.258 e. The predicted octanol–water partition coefficient (Wildman–Crippen LogP) is 3.49. The zero-order valence-corrected chi connectivity index (χ0v) is 15.0. The highest BCUT2D eigenvalue weighted by molar-refractivity contribution is 5.77. The molecule has 2 rings (SSSR count). The molecule has 0 aliphatic carbocycles. The van der Waals surface area contributed by atoms with E-state index in [0.29, 0.717) is 24.7 Å². The largest absolute Gasteiger partial charge is 0.493 e. The van der Waals surface area contributed by atoms with E-state index in [9.17, 15) is 4.79 Å². The van der Waals surface area contributed by atoms with E-state index in [1.807, 2.05) is 49.4 Å². The van der Waals surface area contributed by atoms with Crippen LogP contribution in [-0.4, -0.2) is 26.2 Å². The van der Waals surface area contributed by atoms with Crippen LogP contribution in [0.15, 0.2) is 42.5 Å². The van der Waals surface area contributed by atoms with Gasteiger partial charge in [0.15, 0.2) is 18.1 Å². The fourth-order valence-corrected chi connectivity index (χ4v) is 2.27. The number of amides is 1. The van der Waals surface area contributed by atoms with Crippen molar-refractivity contribution in [2.45, 2.75) is 26.8 Å². The van der Waals surface area contributed by atoms with Gasteiger partial charge in [0.1, 0.15) is 5.75 Å². The molecule has 5 nitrogen and oxygen atoms in total. The van der Waals surface area contributed by atoms with Crippen molar-refractivity contribution in [3.8, 4) is 17.2 Å². The van der Waals surface area contributed by atoms with E-state index in [0.717, 1.165) is 23.3 Å². The fourth-order valence-electron chi connectivity index (χ4n) is 2.27. The Hall–Kier alpha value is -2.69. The van der Waals surface area contributed by atoms with Crippen molar-refractivity contribution >= 4 is 5.91 Å². The van der Waals surface area contributed by atoms with Crippen molar-refractivity contribution in [3.05, 3.63) is 53.6 Å². The van der Waals surface area contributed by atoms with Gasteiger partial charge in [-0.3, -0.25) is 4.79 Å². The highest BCUT2D eigenvalue weighted by atomic mass is 16.5. The maximum atomic E-state index is 12.0. The van der Waals surface area contributed by atoms with E-state index in [2.05, 4.69) is 12.2 Å². The lowest BCUT2D eigenvalue weighted by Crippen LogP contribution is -2.28. The first-order valence-corrected chi connectivity index (χ1v) is 8.39. The second-order valence-electron chi connectivity index (χ2n) is 5.66. The van der Waals surface area contributed by atoms with Gasteiger partial charge in [-0.05, 0) is 42.7 Å². The highest BCUT2D eigenvalue weighted by Crippen LogP contribution is 2.28. The van der Waals surface area contributed by atoms with E-state index < -0.39 is 0 Å². The number of carbonyl (C=O) groups is 1. The van der Waals surface area contributed by atoms with Gasteiger partial charge in [0, 0.05) is 6.54 Å². The minimum atomic E-state index is -0.173. The maximum Gasteiger partial charge on any atom is 0.258 e. The summed E-state index contributed by atoms with van der Waals surface area (Å²) in [6.07, 6.45) is 0.932. The van der Waals surface area contributed by atoms with E-state index in [1.165, 1.54) is 0 Å². The first-order valence-electron chi connectivity index (χ1n) is 8.39. The highest BCUT2D eigenvalue weighted by Gasteiger charge is 2.08. The van der Waals surface area contributed by atoms with Gasteiger partial charge >= 0.3 is 0 Å². The summed E-state index contributed by atoms with van der Waals surface area (Å²) in [5, 5.41) is 2.84. The standard InChI is InChI=1S/C20H25NO4/c1-4-11-24-18-10-9-16(12-19(18)23-3)13-21-20(22)14-25-17-8-6-5-7-15(17)2/h5-10,12H,4,11,13-14H2,1-3H3,(H,21,22). The Morgan fingerprint density at radius 2 is 1.84 bits per heavy atom. The topological polar surface area (TPSA) is 56.8 Å². The Morgan fingerprint density at radius 3 is 2.56 bits per heavy atom. The average molecular weight is 343 g/mol. The Bertz CT molecular complexity index is 700. The third-order valence-corrected chi connectivity index (χ3v) is 3.63. The summed E-state index contributed by atoms with van der Waals surface area (Å²) in [7, 11) is 1.60. The minimum absolute atomic E-state index is 0.0142. The molecule has 0 aromatic heterocycles. The molecule has 0 saturated carbocycles. The normalized spacial score (nSPS) is 10.2. The van der Waals surface area contributed by atoms with Gasteiger partial charge in [-0.15, -0.1) is 0 Å². The lowest BCUT2D eigenvalue weighted by molar-refractivity contribution is -0.123. The third-order valence-electron chi connectivity index (χ3n) is 3.63. The molecule has 0 spiro atoms. The van der Waals surface area contributed by atoms with Crippen LogP contribution in [-0.2, 0) is 11.3 Å². The first-order chi connectivity index (χ1) is 12.1. The number of hydrogen-bond donors (Lipinski definition) is 1. The lowest BCUT2D eigenvalue weighted by atomic mass is 10.2. The molecule has 5 heteroatoms. The minimum Gasteiger partial charge on any atom is -0.493 e. The molecule has 25 heavy (non-hydrogen) atoms. The Labute approximate surface area is 148 Å². The van der Waals surface area contributed by atoms with Gasteiger partial charge < -0.3 is 19.5 Å². The van der Waals surface area contributed by atoms with Gasteiger partial charge in [0.05, 0.1) is 13.7 Å². The molecule has 0 aliphatic heterocycles. The van der Waals surface area contributed by atoms with E-state index in [4.69, 9.17) is 14.2 Å². The Balaban J connectivity index is 1.85. The number of methoxy groups -OCH3 is 1. The molecule has 0 bridgehead atoms. The average Bonchev–Trinajstić information content (AvgIpc) is 2.64. The Morgan fingerprint density at radius 1 is 1.04 bits per heavy atom. The van der Waals surface area contributed by atoms with Gasteiger partial charge in [0.2, 0.25) is 0 Å². The number of ether oxygens (including phenoxy) is 3. The monoisotopic (exact) mass is 343 g/mol. The molecule has 2 aromatic carbocycles. The first kappa shape index (κ1) is 18.6. The van der Waals surface area contributed by atoms with Gasteiger partial charge in [-0.1, -0.05) is 31.2 Å². The number of hydrogen-bond acceptors (Lipinski definition) is 4. The molecule has 0 radical (unpaired) electrons. The molecule has 0 heterocycles. The maximum absolute atomic E-state index is 12.0. The SMILES string of the molecule is CCCOc1ccc(CNC(=O)COc2ccccc2C)cc1OC. The van der Waals surface area contributed by atoms with E-state index in [-0.39, 0.29) is 12.5 Å². The van der Waals surface area contributed by atoms with Crippen LogP contribution in [0.4, 0.5) is 0 Å². The number of aryl methyl sites for hydroxylation is 1. The molecule has 0 atom stereocenters. The molecule has 2 aromatic rings. The van der Waals surface area contributed by atoms with Crippen LogP contribution in [0.1, 0.15) is 24.5 Å². The number of para-hydroxylation sites is 1. The second-order valence-corrected chi connectivity index (χ2v) is 5.66. The van der Waals surface area contributed by atoms with Gasteiger partial charge in [-0.2, -0.15) is 0 Å². The number of benzene rings is 2. The zero-order valence-electron chi connectivity index (χ0n) is 15.0. The lowest BCUT2D eigenvalue weighted by Gasteiger charge is -2.12. The third kappa shape index (κ3) is 5.71. The van der Waals surface area contributed by atoms with E-state index >= 15 is 0 Å². The van der Waals surface area contributed by atoms with Crippen molar-refractivity contribution < 1.29 is 19.0 Å². The molecular weight excluding hydrogens is 318 g/mol. The van der Waals surface area contributed by atoms with Crippen LogP contribution in [0, 0.1) is 6.92 Å². The molecule has 1 amide bonds. The molecule has 134 valence electrons. The second kappa shape index (κ2) is 9.57. The quantitative estimate of drug-likeness (QED) is 0.757. The van der Waals surface area contributed by atoms with Crippen LogP contribution < -0.4 is 19.5 Å². The van der Waals surface area contributed by atoms with Crippen LogP contribution in [0.3, 0.4) is 0 Å². The van der Waals surface area contributed by atoms with Crippen molar-refractivity contribution in [1.29, 1.82) is 0 Å². The fraction of sp³-hybridized carbons (Fsp3) is 0.350. The van der Waals surface area contributed by atoms with Crippen molar-refractivity contribution in [2.24, 2.45) is 0 Å². The summed E-state index contributed by atoms with van der Waals surface area (Å²) in [5.74, 6) is 1.92. The van der Waals surface area contributed by atoms with Gasteiger partial charge in [-0.25, -0.2) is 0 Å².